The zero-order valence-electron chi connectivity index (χ0n) is 9.21. The molecule has 0 fully saturated rings. The topological polar surface area (TPSA) is 12.0 Å². The molecule has 0 saturated carbocycles. The average Bonchev–Trinajstić information content (AvgIpc) is 2.15. The highest BCUT2D eigenvalue weighted by atomic mass is 32.2. The molecule has 1 aromatic rings. The van der Waals surface area contributed by atoms with E-state index in [-0.39, 0.29) is 0 Å². The second kappa shape index (κ2) is 5.97. The second-order valence-corrected chi connectivity index (χ2v) is 5.40. The maximum atomic E-state index is 3.41. The molecular weight excluding hydrogens is 190 g/mol. The molecule has 0 aliphatic carbocycles. The molecule has 1 aromatic carbocycles. The van der Waals surface area contributed by atoms with Crippen molar-refractivity contribution in [2.24, 2.45) is 0 Å². The average molecular weight is 209 g/mol. The number of rotatable bonds is 5. The van der Waals surface area contributed by atoms with Crippen molar-refractivity contribution in [2.45, 2.75) is 26.0 Å². The summed E-state index contributed by atoms with van der Waals surface area (Å²) in [6.45, 7) is 7.62. The maximum absolute atomic E-state index is 3.41. The van der Waals surface area contributed by atoms with Gasteiger partial charge in [-0.15, -0.1) is 0 Å². The molecule has 0 saturated heterocycles. The molecular formula is C12H19NS. The fourth-order valence-corrected chi connectivity index (χ4v) is 1.85. The largest absolute Gasteiger partial charge is 0.384 e. The van der Waals surface area contributed by atoms with Gasteiger partial charge in [-0.3, -0.25) is 0 Å². The van der Waals surface area contributed by atoms with Crippen LogP contribution in [0, 0.1) is 6.92 Å². The Morgan fingerprint density at radius 1 is 1.21 bits per heavy atom. The summed E-state index contributed by atoms with van der Waals surface area (Å²) in [6, 6.07) is 8.54. The monoisotopic (exact) mass is 209 g/mol. The first-order valence-electron chi connectivity index (χ1n) is 5.10. The molecule has 0 aliphatic heterocycles. The van der Waals surface area contributed by atoms with Crippen molar-refractivity contribution >= 4 is 17.4 Å². The molecule has 2 heteroatoms. The summed E-state index contributed by atoms with van der Waals surface area (Å²) in [7, 11) is 0. The number of hydrogen-bond donors (Lipinski definition) is 1. The number of hydrogen-bond acceptors (Lipinski definition) is 2. The molecule has 0 aromatic heterocycles. The Balaban J connectivity index is 2.21. The summed E-state index contributed by atoms with van der Waals surface area (Å²) in [6.07, 6.45) is 0. The van der Waals surface area contributed by atoms with E-state index >= 15 is 0 Å². The standard InChI is InChI=1S/C12H19NS/c1-10(2)14-9-8-13-12-6-4-11(3)5-7-12/h4-7,10,13H,8-9H2,1-3H3. The summed E-state index contributed by atoms with van der Waals surface area (Å²) < 4.78 is 0. The van der Waals surface area contributed by atoms with E-state index in [1.165, 1.54) is 17.0 Å². The molecule has 1 rings (SSSR count). The van der Waals surface area contributed by atoms with E-state index in [2.05, 4.69) is 50.4 Å². The first kappa shape index (κ1) is 11.4. The van der Waals surface area contributed by atoms with Crippen LogP contribution in [0.4, 0.5) is 5.69 Å². The number of anilines is 1. The van der Waals surface area contributed by atoms with E-state index in [1.54, 1.807) is 0 Å². The van der Waals surface area contributed by atoms with Crippen LogP contribution in [0.2, 0.25) is 0 Å². The van der Waals surface area contributed by atoms with E-state index in [0.29, 0.717) is 0 Å². The van der Waals surface area contributed by atoms with Crippen molar-refractivity contribution < 1.29 is 0 Å². The van der Waals surface area contributed by atoms with Crippen molar-refractivity contribution in [3.05, 3.63) is 29.8 Å². The van der Waals surface area contributed by atoms with E-state index in [0.717, 1.165) is 11.8 Å². The maximum Gasteiger partial charge on any atom is 0.0340 e. The minimum absolute atomic E-state index is 0.731. The van der Waals surface area contributed by atoms with Gasteiger partial charge in [-0.2, -0.15) is 11.8 Å². The zero-order valence-corrected chi connectivity index (χ0v) is 10.0. The van der Waals surface area contributed by atoms with Gasteiger partial charge in [-0.1, -0.05) is 31.5 Å². The number of nitrogens with one attached hydrogen (secondary N) is 1. The van der Waals surface area contributed by atoms with E-state index < -0.39 is 0 Å². The van der Waals surface area contributed by atoms with Gasteiger partial charge in [0.2, 0.25) is 0 Å². The van der Waals surface area contributed by atoms with Crippen LogP contribution in [0.3, 0.4) is 0 Å². The van der Waals surface area contributed by atoms with E-state index in [1.807, 2.05) is 11.8 Å². The summed E-state index contributed by atoms with van der Waals surface area (Å²) >= 11 is 1.99. The smallest absolute Gasteiger partial charge is 0.0340 e. The molecule has 0 spiro atoms. The quantitative estimate of drug-likeness (QED) is 0.744. The van der Waals surface area contributed by atoms with E-state index in [4.69, 9.17) is 0 Å². The fraction of sp³-hybridized carbons (Fsp3) is 0.500. The Morgan fingerprint density at radius 3 is 2.43 bits per heavy atom. The van der Waals surface area contributed by atoms with Gasteiger partial charge in [-0.05, 0) is 24.3 Å². The fourth-order valence-electron chi connectivity index (χ4n) is 1.16. The van der Waals surface area contributed by atoms with Gasteiger partial charge in [0.1, 0.15) is 0 Å². The van der Waals surface area contributed by atoms with Crippen molar-refractivity contribution in [3.63, 3.8) is 0 Å². The Kier molecular flexibility index (Phi) is 4.88. The Hall–Kier alpha value is -0.630. The van der Waals surface area contributed by atoms with Gasteiger partial charge in [0.05, 0.1) is 0 Å². The highest BCUT2D eigenvalue weighted by molar-refractivity contribution is 7.99. The van der Waals surface area contributed by atoms with Gasteiger partial charge >= 0.3 is 0 Å². The lowest BCUT2D eigenvalue weighted by molar-refractivity contribution is 1.10. The summed E-state index contributed by atoms with van der Waals surface area (Å²) in [4.78, 5) is 0. The third-order valence-corrected chi connectivity index (χ3v) is 3.04. The second-order valence-electron chi connectivity index (χ2n) is 3.71. The Bertz CT molecular complexity index is 254. The molecule has 0 atom stereocenters. The van der Waals surface area contributed by atoms with Crippen molar-refractivity contribution in [2.75, 3.05) is 17.6 Å². The highest BCUT2D eigenvalue weighted by Gasteiger charge is 1.94. The van der Waals surface area contributed by atoms with Crippen LogP contribution in [0.15, 0.2) is 24.3 Å². The summed E-state index contributed by atoms with van der Waals surface area (Å²) in [5, 5.41) is 4.14. The van der Waals surface area contributed by atoms with Crippen LogP contribution in [-0.4, -0.2) is 17.5 Å². The number of aryl methyl sites for hydroxylation is 1. The molecule has 0 radical (unpaired) electrons. The molecule has 1 N–H and O–H groups in total. The first-order valence-corrected chi connectivity index (χ1v) is 6.15. The van der Waals surface area contributed by atoms with Gasteiger partial charge in [0.25, 0.3) is 0 Å². The highest BCUT2D eigenvalue weighted by Crippen LogP contribution is 2.11. The molecule has 0 bridgehead atoms. The van der Waals surface area contributed by atoms with Crippen LogP contribution in [0.5, 0.6) is 0 Å². The van der Waals surface area contributed by atoms with Gasteiger partial charge in [-0.25, -0.2) is 0 Å². The van der Waals surface area contributed by atoms with Crippen LogP contribution < -0.4 is 5.32 Å². The molecule has 0 aliphatic rings. The van der Waals surface area contributed by atoms with Gasteiger partial charge < -0.3 is 5.32 Å². The normalized spacial score (nSPS) is 10.6. The molecule has 0 heterocycles. The summed E-state index contributed by atoms with van der Waals surface area (Å²) in [5.74, 6) is 1.17. The minimum atomic E-state index is 0.731. The van der Waals surface area contributed by atoms with Crippen molar-refractivity contribution in [1.82, 2.24) is 0 Å². The Morgan fingerprint density at radius 2 is 1.86 bits per heavy atom. The molecule has 78 valence electrons. The Labute approximate surface area is 91.3 Å². The van der Waals surface area contributed by atoms with Crippen molar-refractivity contribution in [3.8, 4) is 0 Å². The van der Waals surface area contributed by atoms with E-state index in [9.17, 15) is 0 Å². The lowest BCUT2D eigenvalue weighted by Crippen LogP contribution is -2.05. The van der Waals surface area contributed by atoms with Gasteiger partial charge in [0, 0.05) is 18.0 Å². The third-order valence-electron chi connectivity index (χ3n) is 1.93. The van der Waals surface area contributed by atoms with Crippen LogP contribution in [0.1, 0.15) is 19.4 Å². The lowest BCUT2D eigenvalue weighted by atomic mass is 10.2. The predicted octanol–water partition coefficient (Wildman–Crippen LogP) is 3.55. The SMILES string of the molecule is Cc1ccc(NCCSC(C)C)cc1. The predicted molar refractivity (Wildman–Crippen MR) is 67.3 cm³/mol. The molecule has 0 amide bonds. The van der Waals surface area contributed by atoms with Crippen LogP contribution >= 0.6 is 11.8 Å². The van der Waals surface area contributed by atoms with Crippen LogP contribution in [-0.2, 0) is 0 Å². The number of thioether (sulfide) groups is 1. The lowest BCUT2D eigenvalue weighted by Gasteiger charge is -2.07. The molecule has 1 nitrogen and oxygen atoms in total. The van der Waals surface area contributed by atoms with Gasteiger partial charge in [0.15, 0.2) is 0 Å². The first-order chi connectivity index (χ1) is 6.68. The zero-order chi connectivity index (χ0) is 10.4. The van der Waals surface area contributed by atoms with Crippen LogP contribution in [0.25, 0.3) is 0 Å². The molecule has 14 heavy (non-hydrogen) atoms. The minimum Gasteiger partial charge on any atom is -0.384 e. The summed E-state index contributed by atoms with van der Waals surface area (Å²) in [5.41, 5.74) is 2.53. The molecule has 0 unspecified atom stereocenters. The van der Waals surface area contributed by atoms with Crippen molar-refractivity contribution in [1.29, 1.82) is 0 Å². The third kappa shape index (κ3) is 4.56. The number of benzene rings is 1.